The SMILES string of the molecule is Cc1ccc(S(=O)(=O)N2N=C(c3ccc(F)cc3)c3ccc(F)cc3C2CC(=O)OC(C)(C)C)cc1. The molecular formula is C27H26F2N2O4S. The number of hydrogen-bond acceptors (Lipinski definition) is 5. The Hall–Kier alpha value is -3.59. The maximum absolute atomic E-state index is 14.5. The van der Waals surface area contributed by atoms with Gasteiger partial charge in [0.1, 0.15) is 23.3 Å². The van der Waals surface area contributed by atoms with Crippen molar-refractivity contribution < 1.29 is 26.7 Å². The van der Waals surface area contributed by atoms with Gasteiger partial charge in [0.25, 0.3) is 10.0 Å². The highest BCUT2D eigenvalue weighted by atomic mass is 32.2. The number of hydrogen-bond donors (Lipinski definition) is 0. The number of ether oxygens (including phenoxy) is 1. The molecule has 0 aromatic heterocycles. The van der Waals surface area contributed by atoms with Crippen LogP contribution in [0.4, 0.5) is 8.78 Å². The molecule has 0 radical (unpaired) electrons. The smallest absolute Gasteiger partial charge is 0.308 e. The Labute approximate surface area is 209 Å². The molecule has 6 nitrogen and oxygen atoms in total. The van der Waals surface area contributed by atoms with Gasteiger partial charge in [-0.2, -0.15) is 17.9 Å². The summed E-state index contributed by atoms with van der Waals surface area (Å²) in [4.78, 5) is 12.8. The number of aryl methyl sites for hydroxylation is 1. The van der Waals surface area contributed by atoms with E-state index in [2.05, 4.69) is 5.10 Å². The van der Waals surface area contributed by atoms with Crippen LogP contribution in [-0.4, -0.2) is 30.1 Å². The highest BCUT2D eigenvalue weighted by Gasteiger charge is 2.39. The summed E-state index contributed by atoms with van der Waals surface area (Å²) in [5, 5.41) is 4.46. The van der Waals surface area contributed by atoms with E-state index in [-0.39, 0.29) is 22.6 Å². The summed E-state index contributed by atoms with van der Waals surface area (Å²) in [6.07, 6.45) is -0.390. The fourth-order valence-corrected chi connectivity index (χ4v) is 5.36. The van der Waals surface area contributed by atoms with Crippen LogP contribution in [0.3, 0.4) is 0 Å². The lowest BCUT2D eigenvalue weighted by Gasteiger charge is -2.35. The van der Waals surface area contributed by atoms with Gasteiger partial charge in [-0.15, -0.1) is 0 Å². The molecule has 188 valence electrons. The molecule has 0 bridgehead atoms. The lowest BCUT2D eigenvalue weighted by molar-refractivity contribution is -0.156. The van der Waals surface area contributed by atoms with Gasteiger partial charge in [0.05, 0.1) is 17.0 Å². The number of esters is 1. The summed E-state index contributed by atoms with van der Waals surface area (Å²) in [6, 6.07) is 14.3. The largest absolute Gasteiger partial charge is 0.460 e. The molecule has 0 spiro atoms. The maximum Gasteiger partial charge on any atom is 0.308 e. The van der Waals surface area contributed by atoms with E-state index in [4.69, 9.17) is 4.74 Å². The van der Waals surface area contributed by atoms with Crippen molar-refractivity contribution in [1.29, 1.82) is 0 Å². The molecule has 0 saturated carbocycles. The molecule has 0 aliphatic carbocycles. The second kappa shape index (κ2) is 9.46. The summed E-state index contributed by atoms with van der Waals surface area (Å²) < 4.78 is 62.0. The van der Waals surface area contributed by atoms with Crippen LogP contribution in [0.5, 0.6) is 0 Å². The van der Waals surface area contributed by atoms with E-state index in [1.54, 1.807) is 32.9 Å². The zero-order valence-corrected chi connectivity index (χ0v) is 21.1. The minimum atomic E-state index is -4.28. The van der Waals surface area contributed by atoms with Crippen molar-refractivity contribution in [2.75, 3.05) is 0 Å². The first-order chi connectivity index (χ1) is 16.8. The van der Waals surface area contributed by atoms with E-state index >= 15 is 0 Å². The van der Waals surface area contributed by atoms with Gasteiger partial charge in [-0.1, -0.05) is 17.7 Å². The fraction of sp³-hybridized carbons (Fsp3) is 0.259. The van der Waals surface area contributed by atoms with Gasteiger partial charge in [0, 0.05) is 11.1 Å². The Morgan fingerprint density at radius 1 is 0.972 bits per heavy atom. The molecule has 1 aliphatic heterocycles. The Kier molecular flexibility index (Phi) is 6.70. The number of carbonyl (C=O) groups is 1. The molecule has 3 aromatic rings. The topological polar surface area (TPSA) is 76.0 Å². The zero-order valence-electron chi connectivity index (χ0n) is 20.3. The Morgan fingerprint density at radius 3 is 2.19 bits per heavy atom. The average molecular weight is 513 g/mol. The summed E-state index contributed by atoms with van der Waals surface area (Å²) in [5.74, 6) is -1.73. The van der Waals surface area contributed by atoms with Crippen molar-refractivity contribution in [3.8, 4) is 0 Å². The highest BCUT2D eigenvalue weighted by molar-refractivity contribution is 7.89. The number of halogens is 2. The second-order valence-electron chi connectivity index (χ2n) is 9.58. The third-order valence-electron chi connectivity index (χ3n) is 5.56. The standard InChI is InChI=1S/C27H26F2N2O4S/c1-17-5-12-21(13-6-17)36(33,34)31-24(16-25(32)35-27(2,3)4)23-15-20(29)11-14-22(23)26(30-31)18-7-9-19(28)10-8-18/h5-15,24H,16H2,1-4H3. The number of carbonyl (C=O) groups excluding carboxylic acids is 1. The molecule has 4 rings (SSSR count). The van der Waals surface area contributed by atoms with Crippen LogP contribution in [0.15, 0.2) is 76.7 Å². The molecule has 9 heteroatoms. The van der Waals surface area contributed by atoms with E-state index in [0.717, 1.165) is 9.98 Å². The van der Waals surface area contributed by atoms with Gasteiger partial charge in [-0.3, -0.25) is 4.79 Å². The van der Waals surface area contributed by atoms with Crippen molar-refractivity contribution in [3.05, 3.63) is 101 Å². The van der Waals surface area contributed by atoms with Crippen LogP contribution in [-0.2, 0) is 19.6 Å². The first kappa shape index (κ1) is 25.5. The third kappa shape index (κ3) is 5.31. The van der Waals surface area contributed by atoms with Gasteiger partial charge < -0.3 is 4.74 Å². The fourth-order valence-electron chi connectivity index (χ4n) is 3.96. The zero-order chi connectivity index (χ0) is 26.3. The highest BCUT2D eigenvalue weighted by Crippen LogP contribution is 2.39. The minimum Gasteiger partial charge on any atom is -0.460 e. The summed E-state index contributed by atoms with van der Waals surface area (Å²) in [5.41, 5.74) is 1.39. The van der Waals surface area contributed by atoms with E-state index < -0.39 is 39.3 Å². The monoisotopic (exact) mass is 512 g/mol. The van der Waals surface area contributed by atoms with Crippen molar-refractivity contribution >= 4 is 21.7 Å². The van der Waals surface area contributed by atoms with Gasteiger partial charge in [-0.05, 0) is 87.9 Å². The quantitative estimate of drug-likeness (QED) is 0.423. The van der Waals surface area contributed by atoms with Crippen LogP contribution in [0.2, 0.25) is 0 Å². The molecule has 1 atom stereocenters. The molecule has 1 aliphatic rings. The molecule has 0 saturated heterocycles. The molecular weight excluding hydrogens is 486 g/mol. The first-order valence-electron chi connectivity index (χ1n) is 11.3. The average Bonchev–Trinajstić information content (AvgIpc) is 2.79. The van der Waals surface area contributed by atoms with Crippen LogP contribution in [0.25, 0.3) is 0 Å². The van der Waals surface area contributed by atoms with Crippen molar-refractivity contribution in [1.82, 2.24) is 4.41 Å². The molecule has 0 N–H and O–H groups in total. The Bertz CT molecular complexity index is 1430. The second-order valence-corrected chi connectivity index (χ2v) is 11.4. The number of benzene rings is 3. The molecule has 36 heavy (non-hydrogen) atoms. The molecule has 1 heterocycles. The van der Waals surface area contributed by atoms with Crippen LogP contribution >= 0.6 is 0 Å². The van der Waals surface area contributed by atoms with Gasteiger partial charge in [0.2, 0.25) is 0 Å². The van der Waals surface area contributed by atoms with E-state index in [1.807, 2.05) is 6.92 Å². The van der Waals surface area contributed by atoms with Crippen LogP contribution in [0.1, 0.15) is 55.5 Å². The van der Waals surface area contributed by atoms with E-state index in [1.165, 1.54) is 54.6 Å². The predicted octanol–water partition coefficient (Wildman–Crippen LogP) is 5.50. The third-order valence-corrected chi connectivity index (χ3v) is 7.25. The normalized spacial score (nSPS) is 15.8. The molecule has 0 fully saturated rings. The summed E-state index contributed by atoms with van der Waals surface area (Å²) >= 11 is 0. The van der Waals surface area contributed by atoms with Crippen molar-refractivity contribution in [3.63, 3.8) is 0 Å². The first-order valence-corrected chi connectivity index (χ1v) is 12.8. The number of rotatable bonds is 5. The number of hydrazone groups is 1. The lowest BCUT2D eigenvalue weighted by Crippen LogP contribution is -2.38. The Morgan fingerprint density at radius 2 is 1.58 bits per heavy atom. The Balaban J connectivity index is 1.92. The lowest BCUT2D eigenvalue weighted by atomic mass is 9.91. The van der Waals surface area contributed by atoms with Gasteiger partial charge in [0.15, 0.2) is 0 Å². The number of nitrogens with zero attached hydrogens (tertiary/aromatic N) is 2. The number of fused-ring (bicyclic) bond motifs is 1. The van der Waals surface area contributed by atoms with E-state index in [0.29, 0.717) is 11.1 Å². The van der Waals surface area contributed by atoms with Gasteiger partial charge in [-0.25, -0.2) is 8.78 Å². The minimum absolute atomic E-state index is 0.0376. The molecule has 3 aromatic carbocycles. The summed E-state index contributed by atoms with van der Waals surface area (Å²) in [7, 11) is -4.28. The van der Waals surface area contributed by atoms with Crippen molar-refractivity contribution in [2.24, 2.45) is 5.10 Å². The van der Waals surface area contributed by atoms with Gasteiger partial charge >= 0.3 is 5.97 Å². The maximum atomic E-state index is 14.5. The molecule has 1 unspecified atom stereocenters. The molecule has 0 amide bonds. The summed E-state index contributed by atoms with van der Waals surface area (Å²) in [6.45, 7) is 6.92. The van der Waals surface area contributed by atoms with E-state index in [9.17, 15) is 22.0 Å². The number of sulfonamides is 1. The predicted molar refractivity (Wildman–Crippen MR) is 132 cm³/mol. The van der Waals surface area contributed by atoms with Crippen LogP contribution < -0.4 is 0 Å². The van der Waals surface area contributed by atoms with Crippen LogP contribution in [0, 0.1) is 18.6 Å². The van der Waals surface area contributed by atoms with Crippen molar-refractivity contribution in [2.45, 2.75) is 50.7 Å².